The monoisotopic (exact) mass is 286 g/mol. The van der Waals surface area contributed by atoms with E-state index in [0.717, 1.165) is 34.5 Å². The van der Waals surface area contributed by atoms with Gasteiger partial charge in [-0.1, -0.05) is 18.2 Å². The van der Waals surface area contributed by atoms with Gasteiger partial charge in [-0.05, 0) is 29.5 Å². The van der Waals surface area contributed by atoms with E-state index in [-0.39, 0.29) is 12.1 Å². The van der Waals surface area contributed by atoms with Gasteiger partial charge in [0.1, 0.15) is 6.04 Å². The molecule has 2 aromatic rings. The fraction of sp³-hybridized carbons (Fsp3) is 0.222. The van der Waals surface area contributed by atoms with Gasteiger partial charge in [0.05, 0.1) is 16.8 Å². The van der Waals surface area contributed by atoms with Crippen LogP contribution in [-0.2, 0) is 0 Å². The van der Waals surface area contributed by atoms with Crippen LogP contribution in [-0.4, -0.2) is 29.8 Å². The van der Waals surface area contributed by atoms with Crippen LogP contribution in [0.4, 0.5) is 0 Å². The largest absolute Gasteiger partial charge is 0.292 e. The molecule has 4 nitrogen and oxygen atoms in total. The van der Waals surface area contributed by atoms with E-state index in [9.17, 15) is 0 Å². The lowest BCUT2D eigenvalue weighted by molar-refractivity contribution is 0.625. The average molecular weight is 286 g/mol. The Morgan fingerprint density at radius 1 is 1.09 bits per heavy atom. The molecule has 0 bridgehead atoms. The minimum Gasteiger partial charge on any atom is -0.292 e. The molecule has 0 N–H and O–H groups in total. The Labute approximate surface area is 127 Å². The zero-order chi connectivity index (χ0) is 14.5. The number of aliphatic imine (C=N–C) groups is 1. The highest BCUT2D eigenvalue weighted by molar-refractivity contribution is 5.85. The smallest absolute Gasteiger partial charge is 0.103 e. The predicted molar refractivity (Wildman–Crippen MR) is 85.8 cm³/mol. The Morgan fingerprint density at radius 2 is 2.09 bits per heavy atom. The highest BCUT2D eigenvalue weighted by Gasteiger charge is 2.29. The molecule has 1 aromatic carbocycles. The minimum atomic E-state index is 0.0709. The van der Waals surface area contributed by atoms with Crippen molar-refractivity contribution < 1.29 is 0 Å². The lowest BCUT2D eigenvalue weighted by atomic mass is 9.87. The molecule has 3 aliphatic rings. The van der Waals surface area contributed by atoms with Crippen molar-refractivity contribution in [3.05, 3.63) is 64.6 Å². The van der Waals surface area contributed by atoms with Gasteiger partial charge in [0, 0.05) is 36.1 Å². The van der Waals surface area contributed by atoms with Crippen molar-refractivity contribution in [1.29, 1.82) is 0 Å². The molecule has 2 atom stereocenters. The van der Waals surface area contributed by atoms with Crippen molar-refractivity contribution in [2.45, 2.75) is 18.5 Å². The third kappa shape index (κ3) is 1.64. The first-order chi connectivity index (χ1) is 10.9. The van der Waals surface area contributed by atoms with E-state index < -0.39 is 0 Å². The van der Waals surface area contributed by atoms with Crippen molar-refractivity contribution in [2.75, 3.05) is 6.54 Å². The number of aromatic nitrogens is 1. The van der Waals surface area contributed by atoms with E-state index >= 15 is 0 Å². The number of hydrogen-bond acceptors (Lipinski definition) is 4. The number of fused-ring (bicyclic) bond motifs is 5. The molecule has 1 aromatic heterocycles. The quantitative estimate of drug-likeness (QED) is 0.725. The van der Waals surface area contributed by atoms with E-state index in [1.807, 2.05) is 24.7 Å². The molecule has 106 valence electrons. The van der Waals surface area contributed by atoms with Crippen LogP contribution in [0.1, 0.15) is 6.42 Å². The molecular weight excluding hydrogens is 272 g/mol. The first-order valence-corrected chi connectivity index (χ1v) is 7.60. The molecule has 0 saturated heterocycles. The Kier molecular flexibility index (Phi) is 2.41. The second-order valence-corrected chi connectivity index (χ2v) is 5.85. The molecule has 0 amide bonds. The number of nitrogens with zero attached hydrogens (tertiary/aromatic N) is 4. The van der Waals surface area contributed by atoms with Gasteiger partial charge in [-0.15, -0.1) is 0 Å². The molecule has 0 radical (unpaired) electrons. The third-order valence-electron chi connectivity index (χ3n) is 4.58. The van der Waals surface area contributed by atoms with Crippen LogP contribution < -0.4 is 10.7 Å². The van der Waals surface area contributed by atoms with Crippen LogP contribution in [0, 0.1) is 0 Å². The number of hydrogen-bond donors (Lipinski definition) is 0. The highest BCUT2D eigenvalue weighted by Crippen LogP contribution is 2.28. The van der Waals surface area contributed by atoms with Crippen LogP contribution in [0.5, 0.6) is 0 Å². The summed E-state index contributed by atoms with van der Waals surface area (Å²) in [5.74, 6) is 0. The lowest BCUT2D eigenvalue weighted by Crippen LogP contribution is -2.41. The summed E-state index contributed by atoms with van der Waals surface area (Å²) in [5, 5.41) is 4.16. The molecular formula is C18H14N4. The van der Waals surface area contributed by atoms with Gasteiger partial charge in [0.2, 0.25) is 0 Å². The summed E-state index contributed by atoms with van der Waals surface area (Å²) in [6.45, 7) is 0.880. The summed E-state index contributed by atoms with van der Waals surface area (Å²) in [7, 11) is 0. The number of rotatable bonds is 0. The molecule has 0 fully saturated rings. The van der Waals surface area contributed by atoms with Crippen LogP contribution in [0.3, 0.4) is 0 Å². The Balaban J connectivity index is 1.79. The van der Waals surface area contributed by atoms with Gasteiger partial charge in [0.25, 0.3) is 0 Å². The first kappa shape index (κ1) is 12.0. The zero-order valence-corrected chi connectivity index (χ0v) is 12.0. The van der Waals surface area contributed by atoms with E-state index in [1.165, 1.54) is 11.1 Å². The lowest BCUT2D eigenvalue weighted by Gasteiger charge is -2.28. The second kappa shape index (κ2) is 4.44. The van der Waals surface area contributed by atoms with Crippen molar-refractivity contribution in [1.82, 2.24) is 4.98 Å². The van der Waals surface area contributed by atoms with Crippen LogP contribution in [0.15, 0.2) is 68.9 Å². The van der Waals surface area contributed by atoms with Crippen molar-refractivity contribution in [3.63, 3.8) is 0 Å². The van der Waals surface area contributed by atoms with E-state index in [2.05, 4.69) is 34.3 Å². The van der Waals surface area contributed by atoms with Crippen LogP contribution >= 0.6 is 0 Å². The molecule has 0 spiro atoms. The molecule has 4 heteroatoms. The Bertz CT molecular complexity index is 997. The molecule has 5 rings (SSSR count). The highest BCUT2D eigenvalue weighted by atomic mass is 15.0. The van der Waals surface area contributed by atoms with Crippen molar-refractivity contribution in [3.8, 4) is 0 Å². The fourth-order valence-electron chi connectivity index (χ4n) is 3.46. The summed E-state index contributed by atoms with van der Waals surface area (Å²) in [5.41, 5.74) is 2.60. The van der Waals surface area contributed by atoms with E-state index in [4.69, 9.17) is 9.98 Å². The predicted octanol–water partition coefficient (Wildman–Crippen LogP) is 1.57. The summed E-state index contributed by atoms with van der Waals surface area (Å²) >= 11 is 0. The number of dihydropyridines is 1. The first-order valence-electron chi connectivity index (χ1n) is 7.60. The van der Waals surface area contributed by atoms with Crippen LogP contribution in [0.2, 0.25) is 0 Å². The van der Waals surface area contributed by atoms with Gasteiger partial charge in [-0.25, -0.2) is 0 Å². The SMILES string of the molecule is C1=CC2N=c3c(ccc4ccncc34)=NC2C2=C1CCN=C2. The standard InChI is InChI=1S/C18H14N4/c1-3-15-17(13-9-19-7-5-11(1)13)22-16-4-2-12-6-8-20-10-14(12)18(16)21-15/h1-5,7,9-10,16,18H,6,8H2. The number of pyridine rings is 1. The summed E-state index contributed by atoms with van der Waals surface area (Å²) < 4.78 is 0. The molecule has 2 unspecified atom stereocenters. The van der Waals surface area contributed by atoms with Crippen LogP contribution in [0.25, 0.3) is 10.8 Å². The third-order valence-corrected chi connectivity index (χ3v) is 4.58. The fourth-order valence-corrected chi connectivity index (χ4v) is 3.46. The van der Waals surface area contributed by atoms with Gasteiger partial charge in [-0.3, -0.25) is 20.0 Å². The summed E-state index contributed by atoms with van der Waals surface area (Å²) in [4.78, 5) is 18.6. The number of benzene rings is 1. The minimum absolute atomic E-state index is 0.0709. The topological polar surface area (TPSA) is 50.0 Å². The molecule has 22 heavy (non-hydrogen) atoms. The Morgan fingerprint density at radius 3 is 3.09 bits per heavy atom. The van der Waals surface area contributed by atoms with Gasteiger partial charge in [0.15, 0.2) is 0 Å². The molecule has 0 saturated carbocycles. The van der Waals surface area contributed by atoms with Gasteiger partial charge in [-0.2, -0.15) is 0 Å². The Hall–Kier alpha value is -2.62. The van der Waals surface area contributed by atoms with Gasteiger partial charge >= 0.3 is 0 Å². The molecule has 1 aliphatic carbocycles. The molecule has 3 heterocycles. The summed E-state index contributed by atoms with van der Waals surface area (Å²) in [6.07, 6.45) is 11.1. The second-order valence-electron chi connectivity index (χ2n) is 5.85. The summed E-state index contributed by atoms with van der Waals surface area (Å²) in [6, 6.07) is 6.32. The van der Waals surface area contributed by atoms with E-state index in [1.54, 1.807) is 0 Å². The van der Waals surface area contributed by atoms with Crippen molar-refractivity contribution in [2.24, 2.45) is 15.0 Å². The molecule has 2 aliphatic heterocycles. The zero-order valence-electron chi connectivity index (χ0n) is 12.0. The normalized spacial score (nSPS) is 25.1. The maximum atomic E-state index is 4.98. The number of allylic oxidation sites excluding steroid dienone is 1. The van der Waals surface area contributed by atoms with Gasteiger partial charge < -0.3 is 0 Å². The van der Waals surface area contributed by atoms with Crippen molar-refractivity contribution >= 4 is 17.0 Å². The van der Waals surface area contributed by atoms with E-state index in [0.29, 0.717) is 0 Å². The maximum Gasteiger partial charge on any atom is 0.103 e. The maximum absolute atomic E-state index is 4.98. The average Bonchev–Trinajstić information content (AvgIpc) is 2.60.